The van der Waals surface area contributed by atoms with Crippen molar-refractivity contribution in [1.29, 1.82) is 0 Å². The molecule has 0 aliphatic heterocycles. The third-order valence-corrected chi connectivity index (χ3v) is 4.17. The minimum Gasteiger partial charge on any atom is -0.460 e. The second-order valence-electron chi connectivity index (χ2n) is 6.54. The number of esters is 1. The summed E-state index contributed by atoms with van der Waals surface area (Å²) in [6.45, 7) is 5.98. The van der Waals surface area contributed by atoms with Crippen LogP contribution in [0.15, 0.2) is 5.38 Å². The van der Waals surface area contributed by atoms with E-state index >= 15 is 0 Å². The van der Waals surface area contributed by atoms with Crippen LogP contribution in [0.25, 0.3) is 0 Å². The lowest BCUT2D eigenvalue weighted by Gasteiger charge is -2.20. The molecule has 1 aromatic heterocycles. The molecule has 122 valence electrons. The summed E-state index contributed by atoms with van der Waals surface area (Å²) >= 11 is 1.44. The highest BCUT2D eigenvalue weighted by molar-refractivity contribution is 7.09. The number of carbonyl (C=O) groups excluding carboxylic acids is 2. The number of ether oxygens (including phenoxy) is 2. The lowest BCUT2D eigenvalue weighted by molar-refractivity contribution is -0.153. The van der Waals surface area contributed by atoms with Gasteiger partial charge in [0.05, 0.1) is 24.8 Å². The summed E-state index contributed by atoms with van der Waals surface area (Å²) < 4.78 is 11.1. The van der Waals surface area contributed by atoms with Crippen molar-refractivity contribution in [2.45, 2.75) is 71.2 Å². The molecule has 0 radical (unpaired) electrons. The van der Waals surface area contributed by atoms with Crippen molar-refractivity contribution in [3.05, 3.63) is 16.1 Å². The highest BCUT2D eigenvalue weighted by Crippen LogP contribution is 2.20. The number of aromatic nitrogens is 1. The van der Waals surface area contributed by atoms with Gasteiger partial charge in [0.1, 0.15) is 16.4 Å². The molecule has 0 saturated heterocycles. The first-order chi connectivity index (χ1) is 10.3. The molecular weight excluding hydrogens is 302 g/mol. The molecular formula is C16H23NO4S. The van der Waals surface area contributed by atoms with Gasteiger partial charge < -0.3 is 9.47 Å². The van der Waals surface area contributed by atoms with Crippen LogP contribution < -0.4 is 0 Å². The average molecular weight is 325 g/mol. The van der Waals surface area contributed by atoms with Gasteiger partial charge in [-0.15, -0.1) is 11.3 Å². The second kappa shape index (κ2) is 7.33. The number of Topliss-reactive ketones (excluding diaryl/α,β-unsaturated/α-hetero) is 1. The SMILES string of the molecule is CC(C)(C)OC(=O)Cc1nc(COC2CCC(=O)CC2)cs1. The molecule has 6 heteroatoms. The van der Waals surface area contributed by atoms with Crippen molar-refractivity contribution < 1.29 is 19.1 Å². The van der Waals surface area contributed by atoms with Gasteiger partial charge in [-0.05, 0) is 33.6 Å². The van der Waals surface area contributed by atoms with Gasteiger partial charge in [-0.1, -0.05) is 0 Å². The lowest BCUT2D eigenvalue weighted by Crippen LogP contribution is -2.24. The molecule has 0 unspecified atom stereocenters. The van der Waals surface area contributed by atoms with Gasteiger partial charge in [-0.25, -0.2) is 4.98 Å². The number of ketones is 1. The maximum absolute atomic E-state index is 11.8. The Balaban J connectivity index is 1.76. The van der Waals surface area contributed by atoms with Gasteiger partial charge in [-0.3, -0.25) is 9.59 Å². The van der Waals surface area contributed by atoms with E-state index in [0.29, 0.717) is 25.2 Å². The summed E-state index contributed by atoms with van der Waals surface area (Å²) in [5.74, 6) is 0.0632. The van der Waals surface area contributed by atoms with Gasteiger partial charge in [-0.2, -0.15) is 0 Å². The normalized spacial score (nSPS) is 16.8. The molecule has 0 atom stereocenters. The Labute approximate surface area is 135 Å². The Morgan fingerprint density at radius 1 is 1.36 bits per heavy atom. The number of hydrogen-bond donors (Lipinski definition) is 0. The monoisotopic (exact) mass is 325 g/mol. The molecule has 1 saturated carbocycles. The predicted molar refractivity (Wildman–Crippen MR) is 83.7 cm³/mol. The van der Waals surface area contributed by atoms with Crippen LogP contribution in [-0.2, 0) is 32.1 Å². The Kier molecular flexibility index (Phi) is 5.69. The standard InChI is InChI=1S/C16H23NO4S/c1-16(2,3)21-15(19)8-14-17-11(10-22-14)9-20-13-6-4-12(18)5-7-13/h10,13H,4-9H2,1-3H3. The van der Waals surface area contributed by atoms with E-state index in [1.807, 2.05) is 26.2 Å². The first-order valence-electron chi connectivity index (χ1n) is 7.60. The molecule has 0 aromatic carbocycles. The van der Waals surface area contributed by atoms with Gasteiger partial charge in [0.2, 0.25) is 0 Å². The molecule has 1 fully saturated rings. The third kappa shape index (κ3) is 5.85. The topological polar surface area (TPSA) is 65.5 Å². The molecule has 1 aliphatic rings. The molecule has 1 aliphatic carbocycles. The predicted octanol–water partition coefficient (Wildman–Crippen LogP) is 3.06. The fourth-order valence-corrected chi connectivity index (χ4v) is 3.04. The average Bonchev–Trinajstić information content (AvgIpc) is 2.83. The maximum atomic E-state index is 11.8. The zero-order valence-corrected chi connectivity index (χ0v) is 14.2. The van der Waals surface area contributed by atoms with E-state index in [1.165, 1.54) is 11.3 Å². The molecule has 0 spiro atoms. The van der Waals surface area contributed by atoms with E-state index in [0.717, 1.165) is 23.5 Å². The summed E-state index contributed by atoms with van der Waals surface area (Å²) in [5, 5.41) is 2.65. The summed E-state index contributed by atoms with van der Waals surface area (Å²) in [7, 11) is 0. The van der Waals surface area contributed by atoms with Crippen LogP contribution in [-0.4, -0.2) is 28.4 Å². The van der Waals surface area contributed by atoms with Crippen molar-refractivity contribution in [2.75, 3.05) is 0 Å². The molecule has 1 heterocycles. The van der Waals surface area contributed by atoms with Crippen molar-refractivity contribution in [2.24, 2.45) is 0 Å². The minimum atomic E-state index is -0.474. The van der Waals surface area contributed by atoms with E-state index in [9.17, 15) is 9.59 Å². The largest absolute Gasteiger partial charge is 0.460 e. The highest BCUT2D eigenvalue weighted by atomic mass is 32.1. The van der Waals surface area contributed by atoms with Crippen LogP contribution in [0.2, 0.25) is 0 Å². The molecule has 5 nitrogen and oxygen atoms in total. The van der Waals surface area contributed by atoms with Crippen molar-refractivity contribution in [3.63, 3.8) is 0 Å². The summed E-state index contributed by atoms with van der Waals surface area (Å²) in [6.07, 6.45) is 3.17. The summed E-state index contributed by atoms with van der Waals surface area (Å²) in [5.41, 5.74) is 0.360. The number of rotatable bonds is 5. The quantitative estimate of drug-likeness (QED) is 0.779. The van der Waals surface area contributed by atoms with Crippen molar-refractivity contribution >= 4 is 23.1 Å². The molecule has 0 amide bonds. The van der Waals surface area contributed by atoms with Gasteiger partial charge in [0.15, 0.2) is 0 Å². The summed E-state index contributed by atoms with van der Waals surface area (Å²) in [6, 6.07) is 0. The zero-order valence-electron chi connectivity index (χ0n) is 13.4. The van der Waals surface area contributed by atoms with E-state index in [-0.39, 0.29) is 18.5 Å². The van der Waals surface area contributed by atoms with E-state index < -0.39 is 5.60 Å². The van der Waals surface area contributed by atoms with Crippen molar-refractivity contribution in [1.82, 2.24) is 4.98 Å². The van der Waals surface area contributed by atoms with E-state index in [4.69, 9.17) is 9.47 Å². The molecule has 2 rings (SSSR count). The molecule has 1 aromatic rings. The van der Waals surface area contributed by atoms with Gasteiger partial charge in [0, 0.05) is 18.2 Å². The van der Waals surface area contributed by atoms with E-state index in [1.54, 1.807) is 0 Å². The Bertz CT molecular complexity index is 522. The molecule has 22 heavy (non-hydrogen) atoms. The van der Waals surface area contributed by atoms with Crippen LogP contribution in [0.1, 0.15) is 57.2 Å². The Hall–Kier alpha value is -1.27. The number of carbonyl (C=O) groups is 2. The van der Waals surface area contributed by atoms with Crippen LogP contribution in [0.5, 0.6) is 0 Å². The molecule has 0 N–H and O–H groups in total. The fraction of sp³-hybridized carbons (Fsp3) is 0.688. The Morgan fingerprint density at radius 2 is 2.05 bits per heavy atom. The summed E-state index contributed by atoms with van der Waals surface area (Å²) in [4.78, 5) is 27.3. The van der Waals surface area contributed by atoms with Crippen LogP contribution in [0.4, 0.5) is 0 Å². The van der Waals surface area contributed by atoms with E-state index in [2.05, 4.69) is 4.98 Å². The highest BCUT2D eigenvalue weighted by Gasteiger charge is 2.20. The first kappa shape index (κ1) is 17.1. The number of nitrogens with zero attached hydrogens (tertiary/aromatic N) is 1. The van der Waals surface area contributed by atoms with Crippen LogP contribution in [0.3, 0.4) is 0 Å². The van der Waals surface area contributed by atoms with Crippen LogP contribution in [0, 0.1) is 0 Å². The lowest BCUT2D eigenvalue weighted by atomic mass is 9.96. The second-order valence-corrected chi connectivity index (χ2v) is 7.49. The Morgan fingerprint density at radius 3 is 2.68 bits per heavy atom. The maximum Gasteiger partial charge on any atom is 0.313 e. The third-order valence-electron chi connectivity index (χ3n) is 3.27. The van der Waals surface area contributed by atoms with Gasteiger partial charge in [0.25, 0.3) is 0 Å². The smallest absolute Gasteiger partial charge is 0.313 e. The molecule has 0 bridgehead atoms. The first-order valence-corrected chi connectivity index (χ1v) is 8.48. The zero-order chi connectivity index (χ0) is 16.2. The van der Waals surface area contributed by atoms with Gasteiger partial charge >= 0.3 is 5.97 Å². The fourth-order valence-electron chi connectivity index (χ4n) is 2.28. The minimum absolute atomic E-state index is 0.147. The number of thiazole rings is 1. The number of hydrogen-bond acceptors (Lipinski definition) is 6. The van der Waals surface area contributed by atoms with Crippen molar-refractivity contribution in [3.8, 4) is 0 Å². The van der Waals surface area contributed by atoms with Crippen LogP contribution >= 0.6 is 11.3 Å².